The third-order valence-corrected chi connectivity index (χ3v) is 1.44. The molecule has 0 aliphatic rings. The molecular weight excluding hydrogens is 154 g/mol. The zero-order valence-electron chi connectivity index (χ0n) is 7.80. The van der Waals surface area contributed by atoms with Crippen LogP contribution in [-0.2, 0) is 4.74 Å². The normalized spacial score (nSPS) is 11.3. The third kappa shape index (κ3) is 5.77. The first kappa shape index (κ1) is 11.0. The molecule has 0 atom stereocenters. The topological polar surface area (TPSA) is 52.3 Å². The number of nitrogens with two attached hydrogens (primary N) is 1. The minimum absolute atomic E-state index is 0.701. The summed E-state index contributed by atoms with van der Waals surface area (Å²) in [6.07, 6.45) is 4.95. The van der Waals surface area contributed by atoms with Crippen molar-refractivity contribution in [3.8, 4) is 0 Å². The highest BCUT2D eigenvalue weighted by atomic mass is 16.5. The number of amides is 1. The Morgan fingerprint density at radius 2 is 2.17 bits per heavy atom. The third-order valence-electron chi connectivity index (χ3n) is 1.44. The predicted octanol–water partition coefficient (Wildman–Crippen LogP) is 2.57. The lowest BCUT2D eigenvalue weighted by Gasteiger charge is -2.04. The van der Waals surface area contributed by atoms with Crippen LogP contribution in [0.2, 0.25) is 0 Å². The van der Waals surface area contributed by atoms with Crippen molar-refractivity contribution in [1.29, 1.82) is 0 Å². The number of rotatable bonds is 5. The molecule has 3 heteroatoms. The molecule has 0 radical (unpaired) electrons. The largest absolute Gasteiger partial charge is 0.415 e. The van der Waals surface area contributed by atoms with E-state index in [4.69, 9.17) is 10.5 Å². The Kier molecular flexibility index (Phi) is 6.15. The monoisotopic (exact) mass is 171 g/mol. The van der Waals surface area contributed by atoms with Crippen LogP contribution >= 0.6 is 0 Å². The van der Waals surface area contributed by atoms with Gasteiger partial charge in [-0.15, -0.1) is 0 Å². The molecule has 3 nitrogen and oxygen atoms in total. The number of hydrogen-bond donors (Lipinski definition) is 1. The molecule has 0 saturated carbocycles. The van der Waals surface area contributed by atoms with Gasteiger partial charge in [-0.2, -0.15) is 0 Å². The lowest BCUT2D eigenvalue weighted by atomic mass is 10.2. The smallest absolute Gasteiger partial charge is 0.409 e. The van der Waals surface area contributed by atoms with Gasteiger partial charge in [0.15, 0.2) is 0 Å². The van der Waals surface area contributed by atoms with Gasteiger partial charge in [-0.1, -0.05) is 20.3 Å². The second-order valence-corrected chi connectivity index (χ2v) is 2.60. The maximum atomic E-state index is 10.4. The molecule has 0 aromatic rings. The van der Waals surface area contributed by atoms with E-state index in [1.807, 2.05) is 13.0 Å². The van der Waals surface area contributed by atoms with Crippen LogP contribution in [0.5, 0.6) is 0 Å². The number of carbonyl (C=O) groups is 1. The molecule has 70 valence electrons. The Balaban J connectivity index is 3.87. The van der Waals surface area contributed by atoms with Crippen LogP contribution < -0.4 is 5.73 Å². The minimum atomic E-state index is -0.717. The summed E-state index contributed by atoms with van der Waals surface area (Å²) in [7, 11) is 0. The molecule has 0 aliphatic heterocycles. The maximum absolute atomic E-state index is 10.4. The van der Waals surface area contributed by atoms with Crippen LogP contribution in [0.15, 0.2) is 11.8 Å². The molecule has 12 heavy (non-hydrogen) atoms. The van der Waals surface area contributed by atoms with E-state index >= 15 is 0 Å². The molecule has 0 aromatic heterocycles. The van der Waals surface area contributed by atoms with E-state index < -0.39 is 6.09 Å². The fourth-order valence-electron chi connectivity index (χ4n) is 0.903. The second-order valence-electron chi connectivity index (χ2n) is 2.60. The number of ether oxygens (including phenoxy) is 1. The molecular formula is C9H17NO2. The molecule has 0 unspecified atom stereocenters. The summed E-state index contributed by atoms with van der Waals surface area (Å²) in [6.45, 7) is 4.09. The van der Waals surface area contributed by atoms with Gasteiger partial charge in [-0.05, 0) is 18.9 Å². The Morgan fingerprint density at radius 3 is 2.58 bits per heavy atom. The molecule has 0 aliphatic carbocycles. The van der Waals surface area contributed by atoms with E-state index in [9.17, 15) is 4.79 Å². The van der Waals surface area contributed by atoms with E-state index in [1.54, 1.807) is 0 Å². The fourth-order valence-corrected chi connectivity index (χ4v) is 0.903. The minimum Gasteiger partial charge on any atom is -0.415 e. The van der Waals surface area contributed by atoms with Crippen LogP contribution in [0, 0.1) is 0 Å². The molecule has 2 N–H and O–H groups in total. The number of unbranched alkanes of at least 4 members (excludes halogenated alkanes) is 1. The molecule has 0 rings (SSSR count). The second kappa shape index (κ2) is 6.70. The Labute approximate surface area is 73.6 Å². The molecule has 0 aromatic carbocycles. The Hall–Kier alpha value is -0.990. The first-order chi connectivity index (χ1) is 5.70. The van der Waals surface area contributed by atoms with Crippen molar-refractivity contribution in [3.05, 3.63) is 11.8 Å². The van der Waals surface area contributed by atoms with Crippen molar-refractivity contribution in [2.45, 2.75) is 39.5 Å². The SMILES string of the molecule is CCC=C(CCCC)OC(N)=O. The van der Waals surface area contributed by atoms with Crippen LogP contribution in [0.25, 0.3) is 0 Å². The number of carbonyl (C=O) groups excluding carboxylic acids is 1. The highest BCUT2D eigenvalue weighted by Gasteiger charge is 2.00. The van der Waals surface area contributed by atoms with E-state index in [1.165, 1.54) is 0 Å². The molecule has 1 amide bonds. The lowest BCUT2D eigenvalue weighted by molar-refractivity contribution is 0.183. The van der Waals surface area contributed by atoms with Crippen molar-refractivity contribution < 1.29 is 9.53 Å². The van der Waals surface area contributed by atoms with Crippen molar-refractivity contribution >= 4 is 6.09 Å². The van der Waals surface area contributed by atoms with Crippen molar-refractivity contribution in [3.63, 3.8) is 0 Å². The van der Waals surface area contributed by atoms with Gasteiger partial charge in [-0.25, -0.2) is 4.79 Å². The van der Waals surface area contributed by atoms with Gasteiger partial charge in [-0.3, -0.25) is 0 Å². The Bertz CT molecular complexity index is 164. The van der Waals surface area contributed by atoms with Crippen molar-refractivity contribution in [2.24, 2.45) is 5.73 Å². The zero-order valence-corrected chi connectivity index (χ0v) is 7.80. The number of primary amides is 1. The van der Waals surface area contributed by atoms with Gasteiger partial charge in [0.1, 0.15) is 5.76 Å². The summed E-state index contributed by atoms with van der Waals surface area (Å²) in [6, 6.07) is 0. The summed E-state index contributed by atoms with van der Waals surface area (Å²) in [5.41, 5.74) is 4.89. The summed E-state index contributed by atoms with van der Waals surface area (Å²) >= 11 is 0. The lowest BCUT2D eigenvalue weighted by Crippen LogP contribution is -2.12. The average molecular weight is 171 g/mol. The quantitative estimate of drug-likeness (QED) is 0.646. The van der Waals surface area contributed by atoms with E-state index in [2.05, 4.69) is 6.92 Å². The van der Waals surface area contributed by atoms with E-state index in [0.717, 1.165) is 25.7 Å². The Morgan fingerprint density at radius 1 is 1.50 bits per heavy atom. The highest BCUT2D eigenvalue weighted by molar-refractivity contribution is 5.65. The summed E-state index contributed by atoms with van der Waals surface area (Å²) in [5, 5.41) is 0. The molecule has 0 fully saturated rings. The van der Waals surface area contributed by atoms with E-state index in [-0.39, 0.29) is 0 Å². The zero-order chi connectivity index (χ0) is 9.40. The average Bonchev–Trinajstić information content (AvgIpc) is 2.00. The van der Waals surface area contributed by atoms with Crippen LogP contribution in [-0.4, -0.2) is 6.09 Å². The van der Waals surface area contributed by atoms with Crippen molar-refractivity contribution in [2.75, 3.05) is 0 Å². The first-order valence-electron chi connectivity index (χ1n) is 4.37. The standard InChI is InChI=1S/C9H17NO2/c1-3-5-7-8(6-4-2)12-9(10)11/h6H,3-5,7H2,1-2H3,(H2,10,11). The summed E-state index contributed by atoms with van der Waals surface area (Å²) in [4.78, 5) is 10.4. The van der Waals surface area contributed by atoms with E-state index in [0.29, 0.717) is 5.76 Å². The summed E-state index contributed by atoms with van der Waals surface area (Å²) < 4.78 is 4.79. The highest BCUT2D eigenvalue weighted by Crippen LogP contribution is 2.09. The molecule has 0 heterocycles. The van der Waals surface area contributed by atoms with Gasteiger partial charge in [0, 0.05) is 6.42 Å². The summed E-state index contributed by atoms with van der Waals surface area (Å²) in [5.74, 6) is 0.701. The van der Waals surface area contributed by atoms with Gasteiger partial charge >= 0.3 is 6.09 Å². The van der Waals surface area contributed by atoms with Crippen molar-refractivity contribution in [1.82, 2.24) is 0 Å². The van der Waals surface area contributed by atoms with Gasteiger partial charge in [0.2, 0.25) is 0 Å². The fraction of sp³-hybridized carbons (Fsp3) is 0.667. The van der Waals surface area contributed by atoms with Gasteiger partial charge in [0.25, 0.3) is 0 Å². The number of hydrogen-bond acceptors (Lipinski definition) is 2. The van der Waals surface area contributed by atoms with Gasteiger partial charge < -0.3 is 10.5 Å². The van der Waals surface area contributed by atoms with Gasteiger partial charge in [0.05, 0.1) is 0 Å². The maximum Gasteiger partial charge on any atom is 0.409 e. The molecule has 0 spiro atoms. The predicted molar refractivity (Wildman–Crippen MR) is 48.6 cm³/mol. The van der Waals surface area contributed by atoms with Crippen LogP contribution in [0.1, 0.15) is 39.5 Å². The molecule has 0 saturated heterocycles. The number of allylic oxidation sites excluding steroid dienone is 2. The van der Waals surface area contributed by atoms with Crippen LogP contribution in [0.4, 0.5) is 4.79 Å². The van der Waals surface area contributed by atoms with Crippen LogP contribution in [0.3, 0.4) is 0 Å². The molecule has 0 bridgehead atoms. The first-order valence-corrected chi connectivity index (χ1v) is 4.37.